The molecule has 3 rings (SSSR count). The number of amides is 1. The Morgan fingerprint density at radius 3 is 2.63 bits per heavy atom. The van der Waals surface area contributed by atoms with E-state index in [4.69, 9.17) is 9.47 Å². The molecule has 2 aliphatic rings. The van der Waals surface area contributed by atoms with Crippen molar-refractivity contribution in [1.82, 2.24) is 20.2 Å². The van der Waals surface area contributed by atoms with E-state index in [-0.39, 0.29) is 11.3 Å². The topological polar surface area (TPSA) is 93.7 Å². The van der Waals surface area contributed by atoms with Crippen molar-refractivity contribution in [2.24, 2.45) is 0 Å². The van der Waals surface area contributed by atoms with Crippen LogP contribution in [0.3, 0.4) is 0 Å². The first kappa shape index (κ1) is 23.9. The maximum absolute atomic E-state index is 13.3. The van der Waals surface area contributed by atoms with E-state index in [0.29, 0.717) is 17.2 Å². The summed E-state index contributed by atoms with van der Waals surface area (Å²) in [6, 6.07) is 0. The van der Waals surface area contributed by atoms with Crippen LogP contribution in [0.15, 0.2) is 15.6 Å². The Morgan fingerprint density at radius 2 is 2.10 bits per heavy atom. The molecule has 12 heteroatoms. The molecule has 1 saturated heterocycles. The Balaban J connectivity index is 1.92. The molecule has 1 N–H and O–H groups in total. The summed E-state index contributed by atoms with van der Waals surface area (Å²) < 4.78 is 12.2. The third-order valence-electron chi connectivity index (χ3n) is 4.40. The van der Waals surface area contributed by atoms with Crippen LogP contribution in [0.4, 0.5) is 0 Å². The van der Waals surface area contributed by atoms with Gasteiger partial charge >= 0.3 is 191 Å². The number of fused-ring (bicyclic) bond motifs is 1. The summed E-state index contributed by atoms with van der Waals surface area (Å²) in [7, 11) is 0.223. The molecule has 3 heterocycles. The number of esters is 1. The van der Waals surface area contributed by atoms with E-state index in [2.05, 4.69) is 28.6 Å². The molecular formula is C18H29N4O4PS3. The SMILES string of the molecule is CO[C@@]1(N[PH2](C)C)C(=O)N2C(C(=O)OC(C)(C)C)=C(CSc3nnc(C)s3)CS[C@H]21. The van der Waals surface area contributed by atoms with Crippen LogP contribution in [-0.4, -0.2) is 75.6 Å². The van der Waals surface area contributed by atoms with E-state index < -0.39 is 25.4 Å². The van der Waals surface area contributed by atoms with Crippen molar-refractivity contribution in [2.45, 2.75) is 48.7 Å². The van der Waals surface area contributed by atoms with E-state index in [1.807, 2.05) is 27.7 Å². The van der Waals surface area contributed by atoms with Gasteiger partial charge in [0, 0.05) is 0 Å². The normalized spacial score (nSPS) is 24.5. The summed E-state index contributed by atoms with van der Waals surface area (Å²) in [5, 5.41) is 12.2. The Hall–Kier alpha value is -0.710. The van der Waals surface area contributed by atoms with Gasteiger partial charge in [0.05, 0.1) is 0 Å². The molecule has 0 aliphatic carbocycles. The molecule has 30 heavy (non-hydrogen) atoms. The number of nitrogens with zero attached hydrogens (tertiary/aromatic N) is 3. The fraction of sp³-hybridized carbons (Fsp3) is 0.667. The van der Waals surface area contributed by atoms with E-state index in [1.165, 1.54) is 23.1 Å². The standard InChI is InChI=1S/C18H29N4O4PS3/c1-10-19-20-16(30-10)29-9-11-8-28-15-18(25-5,21-27(6)7)14(24)22(15)12(11)13(23)26-17(2,3)4/h15,21H,8-9,27H2,1-7H3/t15-,18-/m0/s1. The number of thioether (sulfide) groups is 2. The Kier molecular flexibility index (Phi) is 7.21. The number of carbonyl (C=O) groups excluding carboxylic acids is 2. The van der Waals surface area contributed by atoms with E-state index in [9.17, 15) is 9.59 Å². The van der Waals surface area contributed by atoms with Gasteiger partial charge in [-0.2, -0.15) is 0 Å². The fourth-order valence-electron chi connectivity index (χ4n) is 3.31. The molecule has 2 aliphatic heterocycles. The predicted molar refractivity (Wildman–Crippen MR) is 126 cm³/mol. The maximum atomic E-state index is 13.3. The molecule has 0 aromatic carbocycles. The molecule has 0 unspecified atom stereocenters. The first-order valence-electron chi connectivity index (χ1n) is 9.65. The number of aryl methyl sites for hydroxylation is 1. The van der Waals surface area contributed by atoms with Crippen molar-refractivity contribution >= 4 is 54.8 Å². The van der Waals surface area contributed by atoms with Crippen molar-refractivity contribution < 1.29 is 19.1 Å². The summed E-state index contributed by atoms with van der Waals surface area (Å²) in [6.07, 6.45) is 0. The van der Waals surface area contributed by atoms with Crippen LogP contribution in [0.5, 0.6) is 0 Å². The molecule has 1 aromatic rings. The van der Waals surface area contributed by atoms with Crippen molar-refractivity contribution in [3.63, 3.8) is 0 Å². The second-order valence-corrected chi connectivity index (χ2v) is 14.5. The zero-order chi connectivity index (χ0) is 22.3. The van der Waals surface area contributed by atoms with Gasteiger partial charge in [-0.3, -0.25) is 0 Å². The minimum atomic E-state index is -1.32. The molecule has 0 saturated carbocycles. The van der Waals surface area contributed by atoms with Crippen molar-refractivity contribution in [1.29, 1.82) is 0 Å². The number of aromatic nitrogens is 2. The average molecular weight is 493 g/mol. The molecule has 168 valence electrons. The van der Waals surface area contributed by atoms with Crippen molar-refractivity contribution in [3.05, 3.63) is 16.3 Å². The van der Waals surface area contributed by atoms with Gasteiger partial charge in [0.2, 0.25) is 0 Å². The summed E-state index contributed by atoms with van der Waals surface area (Å²) in [4.78, 5) is 27.9. The van der Waals surface area contributed by atoms with Crippen LogP contribution >= 0.6 is 42.9 Å². The third kappa shape index (κ3) is 4.71. The number of methoxy groups -OCH3 is 1. The Bertz CT molecular complexity index is 870. The second-order valence-electron chi connectivity index (χ2n) is 8.41. The van der Waals surface area contributed by atoms with Crippen LogP contribution in [-0.2, 0) is 19.1 Å². The first-order chi connectivity index (χ1) is 14.0. The third-order valence-corrected chi connectivity index (χ3v) is 8.84. The number of hydrogen-bond acceptors (Lipinski definition) is 10. The monoisotopic (exact) mass is 492 g/mol. The van der Waals surface area contributed by atoms with Crippen LogP contribution in [0, 0.1) is 6.92 Å². The molecule has 0 radical (unpaired) electrons. The minimum absolute atomic E-state index is 0.237. The summed E-state index contributed by atoms with van der Waals surface area (Å²) >= 11 is 4.64. The number of hydrogen-bond donors (Lipinski definition) is 1. The van der Waals surface area contributed by atoms with Crippen LogP contribution in [0.25, 0.3) is 0 Å². The van der Waals surface area contributed by atoms with Gasteiger partial charge in [-0.25, -0.2) is 0 Å². The quantitative estimate of drug-likeness (QED) is 0.203. The molecule has 2 atom stereocenters. The van der Waals surface area contributed by atoms with Crippen molar-refractivity contribution in [3.8, 4) is 0 Å². The van der Waals surface area contributed by atoms with Crippen LogP contribution in [0.2, 0.25) is 0 Å². The number of carbonyl (C=O) groups is 2. The van der Waals surface area contributed by atoms with Crippen LogP contribution in [0.1, 0.15) is 25.8 Å². The van der Waals surface area contributed by atoms with E-state index >= 15 is 0 Å². The predicted octanol–water partition coefficient (Wildman–Crippen LogP) is 2.50. The number of rotatable bonds is 7. The van der Waals surface area contributed by atoms with Crippen molar-refractivity contribution in [2.75, 3.05) is 31.9 Å². The molecule has 0 spiro atoms. The summed E-state index contributed by atoms with van der Waals surface area (Å²) in [6.45, 7) is 11.6. The average Bonchev–Trinajstić information content (AvgIpc) is 3.06. The fourth-order valence-corrected chi connectivity index (χ4v) is 8.09. The molecule has 0 bridgehead atoms. The summed E-state index contributed by atoms with van der Waals surface area (Å²) in [5.74, 6) is 0.439. The number of nitrogens with one attached hydrogen (secondary N) is 1. The molecule has 1 aromatic heterocycles. The van der Waals surface area contributed by atoms with E-state index in [0.717, 1.165) is 14.9 Å². The molecule has 8 nitrogen and oxygen atoms in total. The van der Waals surface area contributed by atoms with Gasteiger partial charge in [0.1, 0.15) is 0 Å². The summed E-state index contributed by atoms with van der Waals surface area (Å²) in [5.41, 5.74) is -0.530. The van der Waals surface area contributed by atoms with Gasteiger partial charge in [0.25, 0.3) is 0 Å². The zero-order valence-corrected chi connectivity index (χ0v) is 21.9. The van der Waals surface area contributed by atoms with E-state index in [1.54, 1.807) is 23.8 Å². The Morgan fingerprint density at radius 1 is 1.40 bits per heavy atom. The van der Waals surface area contributed by atoms with Gasteiger partial charge in [-0.1, -0.05) is 0 Å². The van der Waals surface area contributed by atoms with Gasteiger partial charge in [0.15, 0.2) is 0 Å². The number of ether oxygens (including phenoxy) is 2. The number of β-lactam (4-membered cyclic amide) rings is 1. The van der Waals surface area contributed by atoms with Gasteiger partial charge in [-0.05, 0) is 0 Å². The van der Waals surface area contributed by atoms with Crippen LogP contribution < -0.4 is 5.09 Å². The van der Waals surface area contributed by atoms with Gasteiger partial charge < -0.3 is 0 Å². The Labute approximate surface area is 190 Å². The molecular weight excluding hydrogens is 463 g/mol. The molecule has 1 amide bonds. The second kappa shape index (κ2) is 9.03. The molecule has 1 fully saturated rings. The zero-order valence-electron chi connectivity index (χ0n) is 18.3. The van der Waals surface area contributed by atoms with Gasteiger partial charge in [-0.15, -0.1) is 0 Å². The first-order valence-corrected chi connectivity index (χ1v) is 15.4.